The molecule has 1 aliphatic rings. The second-order valence-corrected chi connectivity index (χ2v) is 4.43. The topological polar surface area (TPSA) is 106 Å². The first-order valence-corrected chi connectivity index (χ1v) is 5.84. The van der Waals surface area contributed by atoms with Crippen molar-refractivity contribution in [2.75, 3.05) is 18.0 Å². The van der Waals surface area contributed by atoms with Gasteiger partial charge in [-0.25, -0.2) is 4.98 Å². The van der Waals surface area contributed by atoms with E-state index in [4.69, 9.17) is 10.8 Å². The Labute approximate surface area is 110 Å². The monoisotopic (exact) mass is 256 g/mol. The van der Waals surface area contributed by atoms with Crippen LogP contribution in [0.15, 0.2) is 17.4 Å². The summed E-state index contributed by atoms with van der Waals surface area (Å²) < 4.78 is 0. The van der Waals surface area contributed by atoms with Gasteiger partial charge in [-0.2, -0.15) is 5.26 Å². The van der Waals surface area contributed by atoms with Gasteiger partial charge in [0.15, 0.2) is 5.82 Å². The quantitative estimate of drug-likeness (QED) is 0.468. The first kappa shape index (κ1) is 12.9. The summed E-state index contributed by atoms with van der Waals surface area (Å²) in [5.74, 6) is 0.293. The zero-order chi connectivity index (χ0) is 13.8. The Balaban J connectivity index is 2.28. The summed E-state index contributed by atoms with van der Waals surface area (Å²) in [6, 6.07) is 3.82. The second kappa shape index (κ2) is 5.38. The number of nitrogens with zero attached hydrogens (tertiary/aromatic N) is 6. The van der Waals surface area contributed by atoms with Crippen molar-refractivity contribution in [1.82, 2.24) is 4.98 Å². The average Bonchev–Trinajstić information content (AvgIpc) is 2.77. The number of rotatable bonds is 3. The van der Waals surface area contributed by atoms with E-state index in [9.17, 15) is 4.79 Å². The number of carbonyl (C=O) groups excluding carboxylic acids is 1. The largest absolute Gasteiger partial charge is 0.295 e. The number of nitriles is 1. The Morgan fingerprint density at radius 3 is 3.21 bits per heavy atom. The molecule has 0 spiro atoms. The molecule has 1 aromatic rings. The first-order valence-electron chi connectivity index (χ1n) is 5.84. The lowest BCUT2D eigenvalue weighted by Crippen LogP contribution is -2.27. The van der Waals surface area contributed by atoms with Crippen LogP contribution in [-0.2, 0) is 4.79 Å². The lowest BCUT2D eigenvalue weighted by molar-refractivity contribution is -0.117. The van der Waals surface area contributed by atoms with Crippen molar-refractivity contribution in [3.05, 3.63) is 33.8 Å². The van der Waals surface area contributed by atoms with Crippen LogP contribution in [0, 0.1) is 24.2 Å². The summed E-state index contributed by atoms with van der Waals surface area (Å²) in [7, 11) is 0. The maximum Gasteiger partial charge on any atom is 0.228 e. The summed E-state index contributed by atoms with van der Waals surface area (Å²) in [6.07, 6.45) is 1.90. The molecule has 0 saturated carbocycles. The molecule has 1 atom stereocenters. The zero-order valence-electron chi connectivity index (χ0n) is 10.4. The van der Waals surface area contributed by atoms with Gasteiger partial charge in [0.1, 0.15) is 6.07 Å². The number of aromatic nitrogens is 1. The van der Waals surface area contributed by atoms with E-state index in [2.05, 4.69) is 21.1 Å². The van der Waals surface area contributed by atoms with Crippen LogP contribution in [0.3, 0.4) is 0 Å². The highest BCUT2D eigenvalue weighted by Crippen LogP contribution is 2.27. The van der Waals surface area contributed by atoms with Crippen molar-refractivity contribution < 1.29 is 4.79 Å². The highest BCUT2D eigenvalue weighted by atomic mass is 16.2. The number of anilines is 1. The molecule has 2 rings (SSSR count). The number of pyridine rings is 1. The minimum atomic E-state index is -0.0901. The zero-order valence-corrected chi connectivity index (χ0v) is 10.4. The van der Waals surface area contributed by atoms with Crippen LogP contribution in [0.2, 0.25) is 0 Å². The van der Waals surface area contributed by atoms with Crippen molar-refractivity contribution in [2.24, 2.45) is 11.0 Å². The molecule has 1 saturated heterocycles. The molecule has 1 unspecified atom stereocenters. The molecular weight excluding hydrogens is 244 g/mol. The molecule has 1 aromatic heterocycles. The molecule has 0 N–H and O–H groups in total. The van der Waals surface area contributed by atoms with Crippen molar-refractivity contribution in [3.63, 3.8) is 0 Å². The number of amides is 1. The molecule has 0 radical (unpaired) electrons. The predicted octanol–water partition coefficient (Wildman–Crippen LogP) is 1.92. The van der Waals surface area contributed by atoms with Gasteiger partial charge in [0.2, 0.25) is 5.91 Å². The van der Waals surface area contributed by atoms with E-state index in [0.29, 0.717) is 24.3 Å². The third-order valence-corrected chi connectivity index (χ3v) is 3.11. The minimum absolute atomic E-state index is 0.0164. The molecule has 0 aromatic carbocycles. The van der Waals surface area contributed by atoms with Gasteiger partial charge in [-0.05, 0) is 30.0 Å². The molecule has 0 bridgehead atoms. The van der Waals surface area contributed by atoms with E-state index in [1.54, 1.807) is 12.3 Å². The number of hydrogen-bond donors (Lipinski definition) is 0. The van der Waals surface area contributed by atoms with E-state index < -0.39 is 0 Å². The van der Waals surface area contributed by atoms with Gasteiger partial charge < -0.3 is 0 Å². The van der Waals surface area contributed by atoms with Crippen LogP contribution in [0.25, 0.3) is 10.4 Å². The van der Waals surface area contributed by atoms with Crippen LogP contribution in [0.4, 0.5) is 5.82 Å². The van der Waals surface area contributed by atoms with Gasteiger partial charge in [0.25, 0.3) is 0 Å². The predicted molar refractivity (Wildman–Crippen MR) is 68.2 cm³/mol. The third kappa shape index (κ3) is 2.49. The van der Waals surface area contributed by atoms with Crippen LogP contribution >= 0.6 is 0 Å². The van der Waals surface area contributed by atoms with E-state index in [0.717, 1.165) is 5.56 Å². The Bertz CT molecular complexity index is 599. The molecule has 7 heteroatoms. The van der Waals surface area contributed by atoms with Gasteiger partial charge in [-0.3, -0.25) is 9.69 Å². The van der Waals surface area contributed by atoms with Gasteiger partial charge in [0.05, 0.1) is 5.56 Å². The SMILES string of the molecule is Cc1ccnc(N2CC(CN=[N+]=[N-])CC2=O)c1C#N. The highest BCUT2D eigenvalue weighted by molar-refractivity contribution is 5.96. The molecule has 7 nitrogen and oxygen atoms in total. The van der Waals surface area contributed by atoms with Crippen molar-refractivity contribution >= 4 is 11.7 Å². The lowest BCUT2D eigenvalue weighted by atomic mass is 10.1. The average molecular weight is 256 g/mol. The number of carbonyl (C=O) groups is 1. The van der Waals surface area contributed by atoms with E-state index in [-0.39, 0.29) is 18.4 Å². The molecule has 2 heterocycles. The summed E-state index contributed by atoms with van der Waals surface area (Å²) >= 11 is 0. The third-order valence-electron chi connectivity index (χ3n) is 3.11. The fourth-order valence-corrected chi connectivity index (χ4v) is 2.15. The fraction of sp³-hybridized carbons (Fsp3) is 0.417. The Morgan fingerprint density at radius 2 is 2.53 bits per heavy atom. The minimum Gasteiger partial charge on any atom is -0.295 e. The van der Waals surface area contributed by atoms with Crippen LogP contribution in [0.5, 0.6) is 0 Å². The summed E-state index contributed by atoms with van der Waals surface area (Å²) in [4.78, 5) is 20.3. The molecule has 1 fully saturated rings. The Kier molecular flexibility index (Phi) is 3.64. The number of hydrogen-bond acceptors (Lipinski definition) is 4. The van der Waals surface area contributed by atoms with Crippen LogP contribution in [-0.4, -0.2) is 24.0 Å². The molecule has 1 amide bonds. The van der Waals surface area contributed by atoms with Crippen molar-refractivity contribution in [1.29, 1.82) is 5.26 Å². The number of aryl methyl sites for hydroxylation is 1. The molecule has 19 heavy (non-hydrogen) atoms. The molecule has 0 aliphatic carbocycles. The van der Waals surface area contributed by atoms with Crippen molar-refractivity contribution in [2.45, 2.75) is 13.3 Å². The molecule has 1 aliphatic heterocycles. The van der Waals surface area contributed by atoms with E-state index in [1.165, 1.54) is 4.90 Å². The maximum atomic E-state index is 12.0. The van der Waals surface area contributed by atoms with Crippen LogP contribution < -0.4 is 4.90 Å². The summed E-state index contributed by atoms with van der Waals surface area (Å²) in [5, 5.41) is 12.7. The summed E-state index contributed by atoms with van der Waals surface area (Å²) in [6.45, 7) is 2.52. The summed E-state index contributed by atoms with van der Waals surface area (Å²) in [5.41, 5.74) is 9.51. The van der Waals surface area contributed by atoms with Gasteiger partial charge in [-0.15, -0.1) is 0 Å². The maximum absolute atomic E-state index is 12.0. The van der Waals surface area contributed by atoms with E-state index >= 15 is 0 Å². The fourth-order valence-electron chi connectivity index (χ4n) is 2.15. The Morgan fingerprint density at radius 1 is 1.74 bits per heavy atom. The number of azide groups is 1. The first-order chi connectivity index (χ1) is 9.17. The van der Waals surface area contributed by atoms with Gasteiger partial charge in [-0.1, -0.05) is 5.11 Å². The second-order valence-electron chi connectivity index (χ2n) is 4.43. The van der Waals surface area contributed by atoms with Crippen molar-refractivity contribution in [3.8, 4) is 6.07 Å². The standard InChI is InChI=1S/C12H12N6O/c1-8-2-3-15-12(10(8)5-13)18-7-9(4-11(18)19)6-16-17-14/h2-3,9H,4,6-7H2,1H3. The van der Waals surface area contributed by atoms with Gasteiger partial charge >= 0.3 is 0 Å². The Hall–Kier alpha value is -2.58. The highest BCUT2D eigenvalue weighted by Gasteiger charge is 2.32. The van der Waals surface area contributed by atoms with Crippen LogP contribution in [0.1, 0.15) is 17.5 Å². The smallest absolute Gasteiger partial charge is 0.228 e. The molecule has 96 valence electrons. The molecular formula is C12H12N6O. The van der Waals surface area contributed by atoms with E-state index in [1.807, 2.05) is 6.92 Å². The normalized spacial score (nSPS) is 18.0. The van der Waals surface area contributed by atoms with Gasteiger partial charge in [0, 0.05) is 30.6 Å². The lowest BCUT2D eigenvalue weighted by Gasteiger charge is -2.17.